The van der Waals surface area contributed by atoms with Crippen LogP contribution in [-0.4, -0.2) is 24.9 Å². The van der Waals surface area contributed by atoms with Crippen molar-refractivity contribution in [2.45, 2.75) is 13.8 Å². The quantitative estimate of drug-likeness (QED) is 0.760. The third-order valence-corrected chi connectivity index (χ3v) is 3.04. The molecule has 0 N–H and O–H groups in total. The lowest BCUT2D eigenvalue weighted by Crippen LogP contribution is -2.32. The number of rotatable bonds is 4. The molecule has 2 rings (SSSR count). The molecule has 0 spiro atoms. The molecule has 0 aliphatic carbocycles. The molecular formula is C14H16N2O2. The van der Waals surface area contributed by atoms with Crippen molar-refractivity contribution in [2.75, 3.05) is 22.9 Å². The van der Waals surface area contributed by atoms with Gasteiger partial charge in [0.25, 0.3) is 11.8 Å². The van der Waals surface area contributed by atoms with Crippen LogP contribution in [0.5, 0.6) is 0 Å². The first-order chi connectivity index (χ1) is 8.69. The number of hydrogen-bond acceptors (Lipinski definition) is 3. The Bertz CT molecular complexity index is 486. The van der Waals surface area contributed by atoms with Crippen molar-refractivity contribution in [3.8, 4) is 0 Å². The largest absolute Gasteiger partial charge is 0.370 e. The van der Waals surface area contributed by atoms with E-state index in [9.17, 15) is 9.59 Å². The monoisotopic (exact) mass is 244 g/mol. The molecule has 0 unspecified atom stereocenters. The van der Waals surface area contributed by atoms with Gasteiger partial charge in [0.15, 0.2) is 0 Å². The molecule has 1 aliphatic rings. The van der Waals surface area contributed by atoms with Gasteiger partial charge in [0.2, 0.25) is 0 Å². The maximum absolute atomic E-state index is 11.7. The Morgan fingerprint density at radius 1 is 1.00 bits per heavy atom. The highest BCUT2D eigenvalue weighted by Crippen LogP contribution is 2.30. The minimum absolute atomic E-state index is 0.278. The van der Waals surface area contributed by atoms with Crippen molar-refractivity contribution in [2.24, 2.45) is 0 Å². The topological polar surface area (TPSA) is 40.6 Å². The molecule has 0 bridgehead atoms. The van der Waals surface area contributed by atoms with Crippen molar-refractivity contribution < 1.29 is 9.59 Å². The molecule has 0 radical (unpaired) electrons. The van der Waals surface area contributed by atoms with Crippen LogP contribution < -0.4 is 9.80 Å². The summed E-state index contributed by atoms with van der Waals surface area (Å²) in [6.07, 6.45) is 2.61. The number of carbonyl (C=O) groups is 2. The minimum Gasteiger partial charge on any atom is -0.370 e. The van der Waals surface area contributed by atoms with E-state index in [1.807, 2.05) is 32.0 Å². The van der Waals surface area contributed by atoms with Crippen molar-refractivity contribution in [3.05, 3.63) is 36.4 Å². The lowest BCUT2D eigenvalue weighted by Gasteiger charge is -2.26. The van der Waals surface area contributed by atoms with Crippen molar-refractivity contribution in [1.29, 1.82) is 0 Å². The summed E-state index contributed by atoms with van der Waals surface area (Å²) in [6.45, 7) is 5.76. The molecule has 1 aromatic carbocycles. The van der Waals surface area contributed by atoms with Crippen LogP contribution in [0.15, 0.2) is 36.4 Å². The molecule has 1 aliphatic heterocycles. The van der Waals surface area contributed by atoms with Crippen LogP contribution in [0.1, 0.15) is 13.8 Å². The van der Waals surface area contributed by atoms with Gasteiger partial charge < -0.3 is 4.90 Å². The summed E-state index contributed by atoms with van der Waals surface area (Å²) >= 11 is 0. The Morgan fingerprint density at radius 2 is 1.56 bits per heavy atom. The molecule has 1 aromatic rings. The first-order valence-corrected chi connectivity index (χ1v) is 6.09. The van der Waals surface area contributed by atoms with Gasteiger partial charge in [-0.05, 0) is 26.0 Å². The SMILES string of the molecule is CCN(CC)c1ccccc1N1C(=O)C=CC1=O. The highest BCUT2D eigenvalue weighted by atomic mass is 16.2. The molecule has 0 saturated carbocycles. The van der Waals surface area contributed by atoms with Crippen molar-refractivity contribution >= 4 is 23.2 Å². The summed E-state index contributed by atoms with van der Waals surface area (Å²) in [5, 5.41) is 0. The molecule has 2 amide bonds. The van der Waals surface area contributed by atoms with Gasteiger partial charge in [-0.1, -0.05) is 12.1 Å². The fourth-order valence-electron chi connectivity index (χ4n) is 2.12. The fraction of sp³-hybridized carbons (Fsp3) is 0.286. The Balaban J connectivity index is 2.45. The number of carbonyl (C=O) groups excluding carboxylic acids is 2. The second kappa shape index (κ2) is 5.04. The van der Waals surface area contributed by atoms with Crippen LogP contribution in [0.3, 0.4) is 0 Å². The molecule has 0 atom stereocenters. The zero-order chi connectivity index (χ0) is 13.1. The molecule has 0 fully saturated rings. The second-order valence-electron chi connectivity index (χ2n) is 4.01. The van der Waals surface area contributed by atoms with Crippen LogP contribution in [0, 0.1) is 0 Å². The summed E-state index contributed by atoms with van der Waals surface area (Å²) in [7, 11) is 0. The maximum atomic E-state index is 11.7. The number of nitrogens with zero attached hydrogens (tertiary/aromatic N) is 2. The Hall–Kier alpha value is -2.10. The van der Waals surface area contributed by atoms with Gasteiger partial charge in [0, 0.05) is 25.2 Å². The van der Waals surface area contributed by atoms with Crippen LogP contribution >= 0.6 is 0 Å². The minimum atomic E-state index is -0.278. The molecule has 94 valence electrons. The smallest absolute Gasteiger partial charge is 0.258 e. The zero-order valence-electron chi connectivity index (χ0n) is 10.6. The van der Waals surface area contributed by atoms with E-state index in [0.29, 0.717) is 5.69 Å². The summed E-state index contributed by atoms with van der Waals surface area (Å²) < 4.78 is 0. The number of amides is 2. The average molecular weight is 244 g/mol. The van der Waals surface area contributed by atoms with Gasteiger partial charge in [0.1, 0.15) is 0 Å². The first kappa shape index (κ1) is 12.4. The van der Waals surface area contributed by atoms with Gasteiger partial charge in [-0.15, -0.1) is 0 Å². The van der Waals surface area contributed by atoms with Gasteiger partial charge in [-0.3, -0.25) is 9.59 Å². The highest BCUT2D eigenvalue weighted by molar-refractivity contribution is 6.29. The number of para-hydroxylation sites is 2. The summed E-state index contributed by atoms with van der Waals surface area (Å²) in [5.74, 6) is -0.556. The molecular weight excluding hydrogens is 228 g/mol. The highest BCUT2D eigenvalue weighted by Gasteiger charge is 2.27. The van der Waals surface area contributed by atoms with Crippen LogP contribution in [0.25, 0.3) is 0 Å². The van der Waals surface area contributed by atoms with E-state index in [4.69, 9.17) is 0 Å². The lowest BCUT2D eigenvalue weighted by atomic mass is 10.2. The normalized spacial score (nSPS) is 14.4. The summed E-state index contributed by atoms with van der Waals surface area (Å²) in [4.78, 5) is 26.8. The Morgan fingerprint density at radius 3 is 2.11 bits per heavy atom. The molecule has 4 nitrogen and oxygen atoms in total. The zero-order valence-corrected chi connectivity index (χ0v) is 10.6. The van der Waals surface area contributed by atoms with Crippen molar-refractivity contribution in [1.82, 2.24) is 0 Å². The standard InChI is InChI=1S/C14H16N2O2/c1-3-15(4-2)11-7-5-6-8-12(11)16-13(17)9-10-14(16)18/h5-10H,3-4H2,1-2H3. The molecule has 1 heterocycles. The predicted molar refractivity (Wildman–Crippen MR) is 71.6 cm³/mol. The predicted octanol–water partition coefficient (Wildman–Crippen LogP) is 1.96. The van der Waals surface area contributed by atoms with Crippen LogP contribution in [0.2, 0.25) is 0 Å². The van der Waals surface area contributed by atoms with E-state index in [-0.39, 0.29) is 11.8 Å². The Labute approximate surface area is 106 Å². The lowest BCUT2D eigenvalue weighted by molar-refractivity contribution is -0.119. The molecule has 0 aromatic heterocycles. The number of hydrogen-bond donors (Lipinski definition) is 0. The molecule has 0 saturated heterocycles. The van der Waals surface area contributed by atoms with Crippen molar-refractivity contribution in [3.63, 3.8) is 0 Å². The fourth-order valence-corrected chi connectivity index (χ4v) is 2.12. The van der Waals surface area contributed by atoms with E-state index in [1.54, 1.807) is 6.07 Å². The summed E-state index contributed by atoms with van der Waals surface area (Å²) in [5.41, 5.74) is 1.56. The first-order valence-electron chi connectivity index (χ1n) is 6.09. The van der Waals surface area contributed by atoms with E-state index in [1.165, 1.54) is 17.1 Å². The number of anilines is 2. The third kappa shape index (κ3) is 2.01. The van der Waals surface area contributed by atoms with Crippen LogP contribution in [-0.2, 0) is 9.59 Å². The second-order valence-corrected chi connectivity index (χ2v) is 4.01. The van der Waals surface area contributed by atoms with Gasteiger partial charge >= 0.3 is 0 Å². The Kier molecular flexibility index (Phi) is 3.46. The maximum Gasteiger partial charge on any atom is 0.258 e. The van der Waals surface area contributed by atoms with Gasteiger partial charge in [-0.25, -0.2) is 4.90 Å². The van der Waals surface area contributed by atoms with E-state index in [2.05, 4.69) is 4.90 Å². The van der Waals surface area contributed by atoms with Gasteiger partial charge in [0.05, 0.1) is 11.4 Å². The van der Waals surface area contributed by atoms with E-state index < -0.39 is 0 Å². The number of imide groups is 1. The van der Waals surface area contributed by atoms with E-state index in [0.717, 1.165) is 18.8 Å². The summed E-state index contributed by atoms with van der Waals surface area (Å²) in [6, 6.07) is 7.48. The molecule has 18 heavy (non-hydrogen) atoms. The average Bonchev–Trinajstić information content (AvgIpc) is 2.71. The number of benzene rings is 1. The molecule has 4 heteroatoms. The van der Waals surface area contributed by atoms with Gasteiger partial charge in [-0.2, -0.15) is 0 Å². The third-order valence-electron chi connectivity index (χ3n) is 3.04. The van der Waals surface area contributed by atoms with E-state index >= 15 is 0 Å². The van der Waals surface area contributed by atoms with Crippen LogP contribution in [0.4, 0.5) is 11.4 Å².